The second kappa shape index (κ2) is 4.28. The van der Waals surface area contributed by atoms with Gasteiger partial charge in [0.25, 0.3) is 0 Å². The zero-order valence-corrected chi connectivity index (χ0v) is 8.83. The summed E-state index contributed by atoms with van der Waals surface area (Å²) in [7, 11) is 0. The third kappa shape index (κ3) is 1.92. The summed E-state index contributed by atoms with van der Waals surface area (Å²) in [6, 6.07) is 8.28. The minimum atomic E-state index is 0.651. The van der Waals surface area contributed by atoms with E-state index in [0.29, 0.717) is 6.54 Å². The quantitative estimate of drug-likeness (QED) is 0.796. The van der Waals surface area contributed by atoms with Crippen molar-refractivity contribution >= 4 is 0 Å². The van der Waals surface area contributed by atoms with Crippen molar-refractivity contribution in [1.82, 2.24) is 10.2 Å². The maximum Gasteiger partial charge on any atom is 0.0685 e. The molecule has 78 valence electrons. The van der Waals surface area contributed by atoms with Crippen molar-refractivity contribution in [2.24, 2.45) is 5.73 Å². The molecule has 1 aromatic carbocycles. The number of nitrogens with zero attached hydrogens (tertiary/aromatic N) is 1. The number of aromatic nitrogens is 2. The first-order valence-electron chi connectivity index (χ1n) is 5.11. The Balaban J connectivity index is 2.45. The fraction of sp³-hybridized carbons (Fsp3) is 0.250. The number of rotatable bonds is 3. The summed E-state index contributed by atoms with van der Waals surface area (Å²) in [4.78, 5) is 0. The van der Waals surface area contributed by atoms with Crippen molar-refractivity contribution in [2.45, 2.75) is 13.3 Å². The third-order valence-corrected chi connectivity index (χ3v) is 2.55. The van der Waals surface area contributed by atoms with Gasteiger partial charge in [-0.2, -0.15) is 5.10 Å². The van der Waals surface area contributed by atoms with Gasteiger partial charge in [-0.25, -0.2) is 0 Å². The molecule has 1 heterocycles. The first-order valence-corrected chi connectivity index (χ1v) is 5.11. The van der Waals surface area contributed by atoms with Crippen LogP contribution in [-0.2, 0) is 6.42 Å². The van der Waals surface area contributed by atoms with Gasteiger partial charge < -0.3 is 5.73 Å². The Morgan fingerprint density at radius 1 is 1.33 bits per heavy atom. The number of hydrogen-bond acceptors (Lipinski definition) is 2. The van der Waals surface area contributed by atoms with Gasteiger partial charge in [0.2, 0.25) is 0 Å². The molecule has 0 spiro atoms. The fourth-order valence-corrected chi connectivity index (χ4v) is 1.74. The number of aryl methyl sites for hydroxylation is 1. The van der Waals surface area contributed by atoms with Crippen LogP contribution in [0.15, 0.2) is 30.5 Å². The number of benzene rings is 1. The Labute approximate surface area is 89.3 Å². The third-order valence-electron chi connectivity index (χ3n) is 2.55. The molecule has 3 nitrogen and oxygen atoms in total. The Bertz CT molecular complexity index is 446. The van der Waals surface area contributed by atoms with Crippen LogP contribution in [0.1, 0.15) is 11.1 Å². The molecule has 1 aromatic heterocycles. The van der Waals surface area contributed by atoms with E-state index in [1.807, 2.05) is 18.3 Å². The van der Waals surface area contributed by atoms with E-state index >= 15 is 0 Å². The maximum atomic E-state index is 5.56. The van der Waals surface area contributed by atoms with E-state index in [0.717, 1.165) is 12.1 Å². The van der Waals surface area contributed by atoms with Gasteiger partial charge in [-0.05, 0) is 31.0 Å². The molecule has 2 rings (SSSR count). The summed E-state index contributed by atoms with van der Waals surface area (Å²) in [5.41, 5.74) is 10.3. The van der Waals surface area contributed by atoms with Crippen LogP contribution in [0.25, 0.3) is 11.3 Å². The molecule has 0 aliphatic rings. The van der Waals surface area contributed by atoms with Gasteiger partial charge in [-0.3, -0.25) is 5.10 Å². The highest BCUT2D eigenvalue weighted by Crippen LogP contribution is 2.24. The number of H-pyrrole nitrogens is 1. The monoisotopic (exact) mass is 201 g/mol. The van der Waals surface area contributed by atoms with Crippen LogP contribution in [0.5, 0.6) is 0 Å². The summed E-state index contributed by atoms with van der Waals surface area (Å²) in [6.07, 6.45) is 2.72. The molecule has 0 unspecified atom stereocenters. The number of nitrogens with one attached hydrogen (secondary N) is 1. The highest BCUT2D eigenvalue weighted by Gasteiger charge is 2.08. The van der Waals surface area contributed by atoms with Gasteiger partial charge in [0.1, 0.15) is 0 Å². The van der Waals surface area contributed by atoms with Crippen molar-refractivity contribution in [3.05, 3.63) is 41.6 Å². The summed E-state index contributed by atoms with van der Waals surface area (Å²) in [5.74, 6) is 0. The van der Waals surface area contributed by atoms with Crippen molar-refractivity contribution in [3.63, 3.8) is 0 Å². The molecule has 0 aliphatic carbocycles. The van der Waals surface area contributed by atoms with Crippen LogP contribution < -0.4 is 5.73 Å². The Morgan fingerprint density at radius 2 is 2.13 bits per heavy atom. The van der Waals surface area contributed by atoms with E-state index in [2.05, 4.69) is 29.3 Å². The topological polar surface area (TPSA) is 54.7 Å². The highest BCUT2D eigenvalue weighted by molar-refractivity contribution is 5.66. The van der Waals surface area contributed by atoms with Gasteiger partial charge >= 0.3 is 0 Å². The largest absolute Gasteiger partial charge is 0.330 e. The lowest BCUT2D eigenvalue weighted by molar-refractivity contribution is 0.971. The van der Waals surface area contributed by atoms with Gasteiger partial charge in [0.15, 0.2) is 0 Å². The zero-order chi connectivity index (χ0) is 10.7. The molecule has 0 saturated heterocycles. The van der Waals surface area contributed by atoms with Gasteiger partial charge in [0, 0.05) is 5.56 Å². The molecule has 0 aliphatic heterocycles. The van der Waals surface area contributed by atoms with Crippen molar-refractivity contribution in [1.29, 1.82) is 0 Å². The van der Waals surface area contributed by atoms with E-state index in [1.54, 1.807) is 0 Å². The predicted octanol–water partition coefficient (Wildman–Crippen LogP) is 1.89. The smallest absolute Gasteiger partial charge is 0.0685 e. The number of aromatic amines is 1. The van der Waals surface area contributed by atoms with Crippen LogP contribution in [0, 0.1) is 6.92 Å². The molecule has 3 N–H and O–H groups in total. The second-order valence-electron chi connectivity index (χ2n) is 3.62. The molecule has 0 atom stereocenters. The molecule has 3 heteroatoms. The summed E-state index contributed by atoms with van der Waals surface area (Å²) in [6.45, 7) is 2.75. The van der Waals surface area contributed by atoms with Gasteiger partial charge in [-0.1, -0.05) is 24.3 Å². The molecular formula is C12H15N3. The minimum Gasteiger partial charge on any atom is -0.330 e. The SMILES string of the molecule is Cc1ccccc1-c1[nH]ncc1CCN. The van der Waals surface area contributed by atoms with Crippen LogP contribution in [0.4, 0.5) is 0 Å². The molecule has 2 aromatic rings. The van der Waals surface area contributed by atoms with Crippen LogP contribution in [0.2, 0.25) is 0 Å². The van der Waals surface area contributed by atoms with Crippen molar-refractivity contribution < 1.29 is 0 Å². The van der Waals surface area contributed by atoms with E-state index in [-0.39, 0.29) is 0 Å². The molecular weight excluding hydrogens is 186 g/mol. The maximum absolute atomic E-state index is 5.56. The standard InChI is InChI=1S/C12H15N3/c1-9-4-2-3-5-11(9)12-10(6-7-13)8-14-15-12/h2-5,8H,6-7,13H2,1H3,(H,14,15). The summed E-state index contributed by atoms with van der Waals surface area (Å²) in [5, 5.41) is 7.12. The van der Waals surface area contributed by atoms with E-state index in [9.17, 15) is 0 Å². The molecule has 0 amide bonds. The fourth-order valence-electron chi connectivity index (χ4n) is 1.74. The Kier molecular flexibility index (Phi) is 2.83. The van der Waals surface area contributed by atoms with E-state index in [1.165, 1.54) is 16.7 Å². The molecule has 0 fully saturated rings. The minimum absolute atomic E-state index is 0.651. The molecule has 0 bridgehead atoms. The van der Waals surface area contributed by atoms with Crippen molar-refractivity contribution in [3.8, 4) is 11.3 Å². The normalized spacial score (nSPS) is 10.5. The lowest BCUT2D eigenvalue weighted by Crippen LogP contribution is -2.03. The first-order chi connectivity index (χ1) is 7.33. The number of nitrogens with two attached hydrogens (primary N) is 1. The predicted molar refractivity (Wildman–Crippen MR) is 61.5 cm³/mol. The first kappa shape index (κ1) is 9.93. The molecule has 15 heavy (non-hydrogen) atoms. The lowest BCUT2D eigenvalue weighted by atomic mass is 10.0. The average molecular weight is 201 g/mol. The molecule has 0 radical (unpaired) electrons. The van der Waals surface area contributed by atoms with Crippen LogP contribution in [0.3, 0.4) is 0 Å². The van der Waals surface area contributed by atoms with E-state index in [4.69, 9.17) is 5.73 Å². The second-order valence-corrected chi connectivity index (χ2v) is 3.62. The van der Waals surface area contributed by atoms with Crippen molar-refractivity contribution in [2.75, 3.05) is 6.54 Å². The average Bonchev–Trinajstić information content (AvgIpc) is 2.67. The van der Waals surface area contributed by atoms with Gasteiger partial charge in [-0.15, -0.1) is 0 Å². The Morgan fingerprint density at radius 3 is 2.87 bits per heavy atom. The zero-order valence-electron chi connectivity index (χ0n) is 8.83. The molecule has 0 saturated carbocycles. The van der Waals surface area contributed by atoms with Crippen LogP contribution in [-0.4, -0.2) is 16.7 Å². The van der Waals surface area contributed by atoms with E-state index < -0.39 is 0 Å². The summed E-state index contributed by atoms with van der Waals surface area (Å²) >= 11 is 0. The highest BCUT2D eigenvalue weighted by atomic mass is 15.1. The summed E-state index contributed by atoms with van der Waals surface area (Å²) < 4.78 is 0. The lowest BCUT2D eigenvalue weighted by Gasteiger charge is -2.05. The Hall–Kier alpha value is -1.61. The number of hydrogen-bond donors (Lipinski definition) is 2. The van der Waals surface area contributed by atoms with Crippen LogP contribution >= 0.6 is 0 Å². The van der Waals surface area contributed by atoms with Gasteiger partial charge in [0.05, 0.1) is 11.9 Å².